The van der Waals surface area contributed by atoms with Crippen LogP contribution in [0.5, 0.6) is 5.75 Å². The van der Waals surface area contributed by atoms with E-state index in [9.17, 15) is 0 Å². The van der Waals surface area contributed by atoms with Crippen molar-refractivity contribution in [1.82, 2.24) is 4.98 Å². The number of aryl methyl sites for hydroxylation is 1. The molecule has 4 heteroatoms. The van der Waals surface area contributed by atoms with Crippen molar-refractivity contribution in [2.45, 2.75) is 39.3 Å². The molecule has 102 valence electrons. The summed E-state index contributed by atoms with van der Waals surface area (Å²) in [6.07, 6.45) is 1.71. The monoisotopic (exact) mass is 276 g/mol. The zero-order valence-electron chi connectivity index (χ0n) is 11.4. The Morgan fingerprint density at radius 2 is 2.21 bits per heavy atom. The minimum absolute atomic E-state index is 0.137. The van der Waals surface area contributed by atoms with E-state index >= 15 is 0 Å². The van der Waals surface area contributed by atoms with Crippen LogP contribution >= 0.6 is 11.3 Å². The van der Waals surface area contributed by atoms with E-state index in [-0.39, 0.29) is 6.04 Å². The Kier molecular flexibility index (Phi) is 4.93. The molecule has 0 aliphatic rings. The topological polar surface area (TPSA) is 48.1 Å². The summed E-state index contributed by atoms with van der Waals surface area (Å²) in [4.78, 5) is 4.56. The molecule has 2 rings (SSSR count). The quantitative estimate of drug-likeness (QED) is 0.880. The molecular weight excluding hydrogens is 256 g/mol. The molecule has 0 amide bonds. The lowest BCUT2D eigenvalue weighted by Crippen LogP contribution is -2.22. The summed E-state index contributed by atoms with van der Waals surface area (Å²) in [6, 6.07) is 6.18. The number of rotatable bonds is 6. The predicted octanol–water partition coefficient (Wildman–Crippen LogP) is 3.31. The van der Waals surface area contributed by atoms with E-state index in [1.54, 1.807) is 11.3 Å². The number of pyridine rings is 1. The fourth-order valence-corrected chi connectivity index (χ4v) is 2.46. The van der Waals surface area contributed by atoms with Gasteiger partial charge in [-0.1, -0.05) is 6.92 Å². The highest BCUT2D eigenvalue weighted by Gasteiger charge is 2.10. The maximum absolute atomic E-state index is 6.02. The number of nitrogens with two attached hydrogens (primary N) is 1. The summed E-state index contributed by atoms with van der Waals surface area (Å²) >= 11 is 1.68. The zero-order valence-corrected chi connectivity index (χ0v) is 12.2. The molecule has 0 aliphatic heterocycles. The third-order valence-corrected chi connectivity index (χ3v) is 3.76. The minimum Gasteiger partial charge on any atom is -0.487 e. The normalized spacial score (nSPS) is 12.4. The Hall–Kier alpha value is -1.39. The van der Waals surface area contributed by atoms with Crippen LogP contribution in [0.3, 0.4) is 0 Å². The molecular formula is C15H20N2OS. The second kappa shape index (κ2) is 6.68. The van der Waals surface area contributed by atoms with Crippen LogP contribution in [-0.2, 0) is 13.0 Å². The third-order valence-electron chi connectivity index (χ3n) is 3.03. The summed E-state index contributed by atoms with van der Waals surface area (Å²) in [5.74, 6) is 0.848. The molecule has 0 aromatic carbocycles. The second-order valence-electron chi connectivity index (χ2n) is 4.69. The van der Waals surface area contributed by atoms with Crippen LogP contribution in [0.1, 0.15) is 30.3 Å². The fraction of sp³-hybridized carbons (Fsp3) is 0.400. The van der Waals surface area contributed by atoms with Gasteiger partial charge in [-0.3, -0.25) is 4.98 Å². The van der Waals surface area contributed by atoms with E-state index in [1.807, 2.05) is 19.1 Å². The number of hydrogen-bond donors (Lipinski definition) is 1. The number of hydrogen-bond acceptors (Lipinski definition) is 4. The van der Waals surface area contributed by atoms with Crippen molar-refractivity contribution >= 4 is 11.3 Å². The molecule has 0 fully saturated rings. The number of ether oxygens (including phenoxy) is 1. The van der Waals surface area contributed by atoms with Gasteiger partial charge in [0.1, 0.15) is 12.4 Å². The largest absolute Gasteiger partial charge is 0.487 e. The Labute approximate surface area is 118 Å². The van der Waals surface area contributed by atoms with E-state index in [1.165, 1.54) is 5.56 Å². The van der Waals surface area contributed by atoms with Crippen molar-refractivity contribution in [3.8, 4) is 5.75 Å². The molecule has 0 bridgehead atoms. The summed E-state index contributed by atoms with van der Waals surface area (Å²) in [5.41, 5.74) is 9.18. The van der Waals surface area contributed by atoms with E-state index < -0.39 is 0 Å². The van der Waals surface area contributed by atoms with Gasteiger partial charge in [0, 0.05) is 18.2 Å². The van der Waals surface area contributed by atoms with Crippen molar-refractivity contribution in [2.24, 2.45) is 5.73 Å². The molecule has 3 nitrogen and oxygen atoms in total. The summed E-state index contributed by atoms with van der Waals surface area (Å²) in [6.45, 7) is 4.67. The highest BCUT2D eigenvalue weighted by molar-refractivity contribution is 7.07. The van der Waals surface area contributed by atoms with E-state index in [0.717, 1.165) is 30.0 Å². The van der Waals surface area contributed by atoms with Crippen LogP contribution < -0.4 is 10.5 Å². The number of thiophene rings is 1. The SMILES string of the molecule is CCC(N)Cc1nc(C)ccc1OCc1ccsc1. The molecule has 0 aliphatic carbocycles. The molecule has 0 spiro atoms. The maximum atomic E-state index is 6.02. The van der Waals surface area contributed by atoms with Crippen LogP contribution in [0.4, 0.5) is 0 Å². The molecule has 1 atom stereocenters. The Morgan fingerprint density at radius 3 is 2.89 bits per heavy atom. The zero-order chi connectivity index (χ0) is 13.7. The van der Waals surface area contributed by atoms with Crippen molar-refractivity contribution in [3.63, 3.8) is 0 Å². The van der Waals surface area contributed by atoms with Gasteiger partial charge in [0.2, 0.25) is 0 Å². The number of aromatic nitrogens is 1. The molecule has 0 saturated heterocycles. The highest BCUT2D eigenvalue weighted by Crippen LogP contribution is 2.20. The summed E-state index contributed by atoms with van der Waals surface area (Å²) in [5, 5.41) is 4.15. The molecule has 2 aromatic heterocycles. The van der Waals surface area contributed by atoms with E-state index in [0.29, 0.717) is 6.61 Å². The van der Waals surface area contributed by atoms with Crippen molar-refractivity contribution in [3.05, 3.63) is 45.9 Å². The summed E-state index contributed by atoms with van der Waals surface area (Å²) < 4.78 is 5.87. The Morgan fingerprint density at radius 1 is 1.37 bits per heavy atom. The van der Waals surface area contributed by atoms with Gasteiger partial charge in [-0.25, -0.2) is 0 Å². The Balaban J connectivity index is 2.09. The first-order chi connectivity index (χ1) is 9.19. The second-order valence-corrected chi connectivity index (χ2v) is 5.47. The molecule has 2 N–H and O–H groups in total. The van der Waals surface area contributed by atoms with E-state index in [2.05, 4.69) is 28.7 Å². The van der Waals surface area contributed by atoms with Crippen LogP contribution in [0.15, 0.2) is 29.0 Å². The lowest BCUT2D eigenvalue weighted by molar-refractivity contribution is 0.300. The molecule has 19 heavy (non-hydrogen) atoms. The lowest BCUT2D eigenvalue weighted by atomic mass is 10.1. The standard InChI is InChI=1S/C15H20N2OS/c1-3-13(16)8-14-15(5-4-11(2)17-14)18-9-12-6-7-19-10-12/h4-7,10,13H,3,8-9,16H2,1-2H3. The Bertz CT molecular complexity index is 511. The first-order valence-electron chi connectivity index (χ1n) is 6.55. The molecule has 0 radical (unpaired) electrons. The van der Waals surface area contributed by atoms with E-state index in [4.69, 9.17) is 10.5 Å². The molecule has 1 unspecified atom stereocenters. The van der Waals surface area contributed by atoms with Crippen molar-refractivity contribution < 1.29 is 4.74 Å². The van der Waals surface area contributed by atoms with Crippen LogP contribution in [0.2, 0.25) is 0 Å². The average Bonchev–Trinajstić information content (AvgIpc) is 2.91. The van der Waals surface area contributed by atoms with Crippen molar-refractivity contribution in [1.29, 1.82) is 0 Å². The highest BCUT2D eigenvalue weighted by atomic mass is 32.1. The fourth-order valence-electron chi connectivity index (χ4n) is 1.80. The molecule has 2 aromatic rings. The van der Waals surface area contributed by atoms with Crippen LogP contribution in [0.25, 0.3) is 0 Å². The van der Waals surface area contributed by atoms with Crippen LogP contribution in [0, 0.1) is 6.92 Å². The first kappa shape index (κ1) is 14.0. The van der Waals surface area contributed by atoms with Gasteiger partial charge in [0.05, 0.1) is 5.69 Å². The molecule has 2 heterocycles. The number of nitrogens with zero attached hydrogens (tertiary/aromatic N) is 1. The smallest absolute Gasteiger partial charge is 0.141 e. The first-order valence-corrected chi connectivity index (χ1v) is 7.49. The van der Waals surface area contributed by atoms with Crippen LogP contribution in [-0.4, -0.2) is 11.0 Å². The van der Waals surface area contributed by atoms with Gasteiger partial charge in [0.25, 0.3) is 0 Å². The van der Waals surface area contributed by atoms with Gasteiger partial charge in [-0.2, -0.15) is 11.3 Å². The van der Waals surface area contributed by atoms with Gasteiger partial charge in [-0.15, -0.1) is 0 Å². The maximum Gasteiger partial charge on any atom is 0.141 e. The van der Waals surface area contributed by atoms with Gasteiger partial charge < -0.3 is 10.5 Å². The minimum atomic E-state index is 0.137. The molecule has 0 saturated carbocycles. The summed E-state index contributed by atoms with van der Waals surface area (Å²) in [7, 11) is 0. The van der Waals surface area contributed by atoms with Crippen molar-refractivity contribution in [2.75, 3.05) is 0 Å². The lowest BCUT2D eigenvalue weighted by Gasteiger charge is -2.14. The third kappa shape index (κ3) is 4.04. The van der Waals surface area contributed by atoms with Gasteiger partial charge >= 0.3 is 0 Å². The average molecular weight is 276 g/mol. The van der Waals surface area contributed by atoms with Gasteiger partial charge in [0.15, 0.2) is 0 Å². The predicted molar refractivity (Wildman–Crippen MR) is 79.6 cm³/mol. The van der Waals surface area contributed by atoms with Gasteiger partial charge in [-0.05, 0) is 47.9 Å².